The van der Waals surface area contributed by atoms with E-state index in [2.05, 4.69) is 75.8 Å². The minimum Gasteiger partial charge on any atom is -0.374 e. The Morgan fingerprint density at radius 3 is 2.45 bits per heavy atom. The molecule has 1 unspecified atom stereocenters. The fourth-order valence-electron chi connectivity index (χ4n) is 5.54. The van der Waals surface area contributed by atoms with Gasteiger partial charge in [-0.3, -0.25) is 4.98 Å². The van der Waals surface area contributed by atoms with Gasteiger partial charge in [-0.1, -0.05) is 36.4 Å². The number of halogens is 1. The average molecular weight is 436 g/mol. The maximum Gasteiger partial charge on any atom is 0.123 e. The molecule has 33 heavy (non-hydrogen) atoms. The summed E-state index contributed by atoms with van der Waals surface area (Å²) in [5, 5.41) is 0. The van der Waals surface area contributed by atoms with E-state index in [0.29, 0.717) is 17.9 Å². The van der Waals surface area contributed by atoms with E-state index in [1.165, 1.54) is 35.2 Å². The third-order valence-corrected chi connectivity index (χ3v) is 7.18. The monoisotopic (exact) mass is 435 g/mol. The van der Waals surface area contributed by atoms with Crippen LogP contribution in [0, 0.1) is 5.82 Å². The lowest BCUT2D eigenvalue weighted by molar-refractivity contribution is 0.304. The van der Waals surface area contributed by atoms with Gasteiger partial charge >= 0.3 is 0 Å². The summed E-state index contributed by atoms with van der Waals surface area (Å²) >= 11 is 0. The topological polar surface area (TPSA) is 31.9 Å². The number of pyridine rings is 1. The third kappa shape index (κ3) is 3.76. The average Bonchev–Trinajstić information content (AvgIpc) is 3.50. The minimum absolute atomic E-state index is 0.222. The van der Waals surface area contributed by atoms with Gasteiger partial charge in [0.2, 0.25) is 0 Å². The molecular weight excluding hydrogens is 409 g/mol. The van der Waals surface area contributed by atoms with E-state index in [9.17, 15) is 4.39 Å². The second-order valence-electron chi connectivity index (χ2n) is 9.11. The number of rotatable bonds is 4. The fourth-order valence-corrected chi connectivity index (χ4v) is 5.54. The van der Waals surface area contributed by atoms with Gasteiger partial charge in [-0.15, -0.1) is 0 Å². The first-order valence-corrected chi connectivity index (χ1v) is 11.6. The van der Waals surface area contributed by atoms with Crippen LogP contribution in [0.2, 0.25) is 0 Å². The number of nitrogens with zero attached hydrogens (tertiary/aromatic N) is 2. The summed E-state index contributed by atoms with van der Waals surface area (Å²) in [6.45, 7) is 1.09. The predicted molar refractivity (Wildman–Crippen MR) is 130 cm³/mol. The molecule has 2 aromatic carbocycles. The van der Waals surface area contributed by atoms with Gasteiger partial charge in [0, 0.05) is 48.6 Å². The Labute approximate surface area is 193 Å². The predicted octanol–water partition coefficient (Wildman–Crippen LogP) is 6.74. The summed E-state index contributed by atoms with van der Waals surface area (Å²) in [6, 6.07) is 22.3. The minimum atomic E-state index is -0.222. The standard InChI is InChI=1S/C29H26FN3/c30-25-8-6-22(7-9-25)29-28(21-10-13-31-14-11-21)27(18-32-29)23-12-15-33-19-24(17-26(33)16-23)20-4-2-1-3-5-20/h1-15,18,23-24,26,32H,16-17,19H2/t23?,24-,26-/m1/s1. The Bertz CT molecular complexity index is 1260. The van der Waals surface area contributed by atoms with E-state index < -0.39 is 0 Å². The number of benzene rings is 2. The van der Waals surface area contributed by atoms with Crippen molar-refractivity contribution in [1.82, 2.24) is 14.9 Å². The summed E-state index contributed by atoms with van der Waals surface area (Å²) in [6.07, 6.45) is 12.8. The lowest BCUT2D eigenvalue weighted by Crippen LogP contribution is -2.29. The summed E-state index contributed by atoms with van der Waals surface area (Å²) in [5.41, 5.74) is 7.06. The van der Waals surface area contributed by atoms with Crippen molar-refractivity contribution in [2.45, 2.75) is 30.7 Å². The van der Waals surface area contributed by atoms with Gasteiger partial charge in [0.15, 0.2) is 0 Å². The van der Waals surface area contributed by atoms with Gasteiger partial charge in [-0.2, -0.15) is 0 Å². The lowest BCUT2D eigenvalue weighted by Gasteiger charge is -2.31. The Kier molecular flexibility index (Phi) is 5.06. The first-order chi connectivity index (χ1) is 16.3. The van der Waals surface area contributed by atoms with Gasteiger partial charge in [0.05, 0.1) is 5.69 Å². The quantitative estimate of drug-likeness (QED) is 0.385. The lowest BCUT2D eigenvalue weighted by atomic mass is 9.84. The highest BCUT2D eigenvalue weighted by atomic mass is 19.1. The van der Waals surface area contributed by atoms with Crippen molar-refractivity contribution in [3.63, 3.8) is 0 Å². The molecule has 1 fully saturated rings. The van der Waals surface area contributed by atoms with Crippen LogP contribution in [0.15, 0.2) is 97.6 Å². The van der Waals surface area contributed by atoms with E-state index in [1.54, 1.807) is 0 Å². The zero-order valence-electron chi connectivity index (χ0n) is 18.4. The third-order valence-electron chi connectivity index (χ3n) is 7.18. The molecule has 3 nitrogen and oxygen atoms in total. The maximum atomic E-state index is 13.6. The van der Waals surface area contributed by atoms with Crippen LogP contribution in [0.5, 0.6) is 0 Å². The van der Waals surface area contributed by atoms with Crippen molar-refractivity contribution in [2.24, 2.45) is 0 Å². The Morgan fingerprint density at radius 1 is 0.879 bits per heavy atom. The summed E-state index contributed by atoms with van der Waals surface area (Å²) < 4.78 is 13.6. The SMILES string of the molecule is Fc1ccc(-c2[nH]cc(C3C=CN4C[C@H](c5ccccc5)C[C@H]4C3)c2-c2ccncc2)cc1. The molecule has 164 valence electrons. The summed E-state index contributed by atoms with van der Waals surface area (Å²) in [4.78, 5) is 10.2. The van der Waals surface area contributed by atoms with E-state index >= 15 is 0 Å². The Balaban J connectivity index is 1.34. The molecule has 2 aromatic heterocycles. The summed E-state index contributed by atoms with van der Waals surface area (Å²) in [7, 11) is 0. The molecule has 0 radical (unpaired) electrons. The molecule has 4 heterocycles. The molecule has 1 N–H and O–H groups in total. The fraction of sp³-hybridized carbons (Fsp3) is 0.207. The molecule has 2 aliphatic rings. The van der Waals surface area contributed by atoms with Gasteiger partial charge < -0.3 is 9.88 Å². The van der Waals surface area contributed by atoms with Crippen LogP contribution in [0.25, 0.3) is 22.4 Å². The summed E-state index contributed by atoms with van der Waals surface area (Å²) in [5.74, 6) is 0.690. The van der Waals surface area contributed by atoms with Crippen LogP contribution in [-0.2, 0) is 0 Å². The highest BCUT2D eigenvalue weighted by Gasteiger charge is 2.36. The Morgan fingerprint density at radius 2 is 1.67 bits per heavy atom. The maximum absolute atomic E-state index is 13.6. The largest absolute Gasteiger partial charge is 0.374 e. The van der Waals surface area contributed by atoms with E-state index in [-0.39, 0.29) is 5.82 Å². The molecule has 0 aliphatic carbocycles. The van der Waals surface area contributed by atoms with Gasteiger partial charge in [-0.05, 0) is 77.7 Å². The van der Waals surface area contributed by atoms with Crippen molar-refractivity contribution in [2.75, 3.05) is 6.54 Å². The first-order valence-electron chi connectivity index (χ1n) is 11.6. The molecule has 0 bridgehead atoms. The molecule has 3 atom stereocenters. The van der Waals surface area contributed by atoms with E-state index in [0.717, 1.165) is 29.8 Å². The van der Waals surface area contributed by atoms with Crippen molar-refractivity contribution >= 4 is 0 Å². The van der Waals surface area contributed by atoms with Crippen LogP contribution in [0.3, 0.4) is 0 Å². The van der Waals surface area contributed by atoms with Crippen molar-refractivity contribution in [3.8, 4) is 22.4 Å². The second kappa shape index (κ2) is 8.36. The van der Waals surface area contributed by atoms with Crippen LogP contribution in [-0.4, -0.2) is 27.5 Å². The number of nitrogens with one attached hydrogen (secondary N) is 1. The highest BCUT2D eigenvalue weighted by molar-refractivity contribution is 5.84. The second-order valence-corrected chi connectivity index (χ2v) is 9.11. The molecule has 1 saturated heterocycles. The smallest absolute Gasteiger partial charge is 0.123 e. The van der Waals surface area contributed by atoms with Crippen LogP contribution in [0.4, 0.5) is 4.39 Å². The number of hydrogen-bond acceptors (Lipinski definition) is 2. The number of hydrogen-bond donors (Lipinski definition) is 1. The molecule has 4 heteroatoms. The van der Waals surface area contributed by atoms with Gasteiger partial charge in [0.1, 0.15) is 5.82 Å². The number of allylic oxidation sites excluding steroid dienone is 1. The normalized spacial score (nSPS) is 21.8. The number of fused-ring (bicyclic) bond motifs is 1. The zero-order valence-corrected chi connectivity index (χ0v) is 18.4. The van der Waals surface area contributed by atoms with E-state index in [1.807, 2.05) is 24.5 Å². The van der Waals surface area contributed by atoms with E-state index in [4.69, 9.17) is 0 Å². The molecular formula is C29H26FN3. The number of aromatic amines is 1. The highest BCUT2D eigenvalue weighted by Crippen LogP contribution is 2.44. The van der Waals surface area contributed by atoms with Crippen LogP contribution < -0.4 is 0 Å². The molecule has 0 saturated carbocycles. The molecule has 2 aliphatic heterocycles. The van der Waals surface area contributed by atoms with Crippen molar-refractivity contribution in [1.29, 1.82) is 0 Å². The van der Waals surface area contributed by atoms with Crippen LogP contribution in [0.1, 0.15) is 35.8 Å². The van der Waals surface area contributed by atoms with Crippen molar-refractivity contribution < 1.29 is 4.39 Å². The number of aromatic nitrogens is 2. The van der Waals surface area contributed by atoms with Crippen molar-refractivity contribution in [3.05, 3.63) is 115 Å². The number of H-pyrrole nitrogens is 1. The van der Waals surface area contributed by atoms with Gasteiger partial charge in [0.25, 0.3) is 0 Å². The Hall–Kier alpha value is -3.66. The van der Waals surface area contributed by atoms with Gasteiger partial charge in [-0.25, -0.2) is 4.39 Å². The van der Waals surface area contributed by atoms with Crippen LogP contribution >= 0.6 is 0 Å². The molecule has 0 amide bonds. The molecule has 4 aromatic rings. The first kappa shape index (κ1) is 20.0. The zero-order chi connectivity index (χ0) is 22.2. The molecule has 0 spiro atoms. The molecule has 6 rings (SSSR count).